The van der Waals surface area contributed by atoms with Crippen molar-refractivity contribution in [3.05, 3.63) is 31.0 Å². The van der Waals surface area contributed by atoms with E-state index in [0.29, 0.717) is 0 Å². The molecule has 0 bridgehead atoms. The highest BCUT2D eigenvalue weighted by molar-refractivity contribution is 5.72. The Kier molecular flexibility index (Phi) is 4.30. The van der Waals surface area contributed by atoms with E-state index in [9.17, 15) is 0 Å². The number of aromatic nitrogens is 3. The summed E-state index contributed by atoms with van der Waals surface area (Å²) in [5.74, 6) is 0. The molecule has 5 heteroatoms. The number of nitrogens with zero attached hydrogens (tertiary/aromatic N) is 3. The van der Waals surface area contributed by atoms with Gasteiger partial charge < -0.3 is 15.0 Å². The third-order valence-corrected chi connectivity index (χ3v) is 2.73. The third-order valence-electron chi connectivity index (χ3n) is 2.73. The van der Waals surface area contributed by atoms with Gasteiger partial charge >= 0.3 is 0 Å². The Bertz CT molecular complexity index is 495. The zero-order valence-electron chi connectivity index (χ0n) is 10.5. The summed E-state index contributed by atoms with van der Waals surface area (Å²) in [5, 5.41) is 0. The number of hydrogen-bond acceptors (Lipinski definition) is 4. The summed E-state index contributed by atoms with van der Waals surface area (Å²) < 4.78 is 7.41. The van der Waals surface area contributed by atoms with Crippen LogP contribution < -0.4 is 5.73 Å². The highest BCUT2D eigenvalue weighted by Crippen LogP contribution is 2.24. The van der Waals surface area contributed by atoms with Gasteiger partial charge in [0.1, 0.15) is 0 Å². The maximum atomic E-state index is 5.95. The lowest BCUT2D eigenvalue weighted by Crippen LogP contribution is -2.04. The largest absolute Gasteiger partial charge is 0.398 e. The summed E-state index contributed by atoms with van der Waals surface area (Å²) in [5.41, 5.74) is 8.59. The molecule has 2 heterocycles. The van der Waals surface area contributed by atoms with Crippen LogP contribution in [0.15, 0.2) is 31.0 Å². The van der Waals surface area contributed by atoms with Crippen LogP contribution in [0, 0.1) is 0 Å². The van der Waals surface area contributed by atoms with E-state index in [1.54, 1.807) is 18.5 Å². The summed E-state index contributed by atoms with van der Waals surface area (Å²) in [6.07, 6.45) is 8.04. The first kappa shape index (κ1) is 12.6. The molecule has 18 heavy (non-hydrogen) atoms. The Morgan fingerprint density at radius 2 is 2.22 bits per heavy atom. The van der Waals surface area contributed by atoms with Crippen LogP contribution in [0.2, 0.25) is 0 Å². The van der Waals surface area contributed by atoms with Crippen LogP contribution in [-0.4, -0.2) is 27.7 Å². The smallest absolute Gasteiger partial charge is 0.0950 e. The number of imidazole rings is 1. The molecule has 0 fully saturated rings. The van der Waals surface area contributed by atoms with E-state index in [1.807, 2.05) is 19.4 Å². The molecule has 0 radical (unpaired) electrons. The van der Waals surface area contributed by atoms with Gasteiger partial charge in [-0.05, 0) is 19.4 Å². The average molecular weight is 246 g/mol. The van der Waals surface area contributed by atoms with Crippen molar-refractivity contribution < 1.29 is 4.74 Å². The SMILES string of the molecule is CCOCCCn1cncc1-c1cnccc1N. The second kappa shape index (κ2) is 6.16. The quantitative estimate of drug-likeness (QED) is 0.791. The lowest BCUT2D eigenvalue weighted by molar-refractivity contribution is 0.142. The van der Waals surface area contributed by atoms with Gasteiger partial charge in [0, 0.05) is 43.4 Å². The van der Waals surface area contributed by atoms with Crippen molar-refractivity contribution in [2.24, 2.45) is 0 Å². The molecule has 0 spiro atoms. The van der Waals surface area contributed by atoms with Crippen LogP contribution >= 0.6 is 0 Å². The van der Waals surface area contributed by atoms with Gasteiger partial charge in [-0.1, -0.05) is 0 Å². The third kappa shape index (κ3) is 2.87. The van der Waals surface area contributed by atoms with Gasteiger partial charge in [-0.2, -0.15) is 0 Å². The van der Waals surface area contributed by atoms with Gasteiger partial charge in [-0.3, -0.25) is 4.98 Å². The zero-order valence-corrected chi connectivity index (χ0v) is 10.5. The molecule has 0 aliphatic rings. The minimum Gasteiger partial charge on any atom is -0.398 e. The topological polar surface area (TPSA) is 66.0 Å². The van der Waals surface area contributed by atoms with Crippen molar-refractivity contribution in [3.63, 3.8) is 0 Å². The zero-order chi connectivity index (χ0) is 12.8. The minimum absolute atomic E-state index is 0.719. The fourth-order valence-corrected chi connectivity index (χ4v) is 1.82. The van der Waals surface area contributed by atoms with Gasteiger partial charge in [-0.25, -0.2) is 4.98 Å². The summed E-state index contributed by atoms with van der Waals surface area (Å²) >= 11 is 0. The van der Waals surface area contributed by atoms with E-state index < -0.39 is 0 Å². The van der Waals surface area contributed by atoms with Crippen LogP contribution in [0.4, 0.5) is 5.69 Å². The molecule has 0 saturated heterocycles. The maximum Gasteiger partial charge on any atom is 0.0950 e. The molecule has 0 aromatic carbocycles. The predicted molar refractivity (Wildman–Crippen MR) is 71.0 cm³/mol. The van der Waals surface area contributed by atoms with E-state index in [0.717, 1.165) is 43.1 Å². The molecule has 0 saturated carbocycles. The molecule has 5 nitrogen and oxygen atoms in total. The van der Waals surface area contributed by atoms with Crippen LogP contribution in [-0.2, 0) is 11.3 Å². The van der Waals surface area contributed by atoms with Gasteiger partial charge in [0.05, 0.1) is 18.2 Å². The average Bonchev–Trinajstić information content (AvgIpc) is 2.83. The molecule has 2 aromatic rings. The second-order valence-corrected chi connectivity index (χ2v) is 3.99. The van der Waals surface area contributed by atoms with Gasteiger partial charge in [0.15, 0.2) is 0 Å². The van der Waals surface area contributed by atoms with Crippen LogP contribution in [0.1, 0.15) is 13.3 Å². The van der Waals surface area contributed by atoms with E-state index in [-0.39, 0.29) is 0 Å². The van der Waals surface area contributed by atoms with E-state index >= 15 is 0 Å². The number of pyridine rings is 1. The van der Waals surface area contributed by atoms with Crippen molar-refractivity contribution in [2.45, 2.75) is 19.9 Å². The Labute approximate surface area is 107 Å². The summed E-state index contributed by atoms with van der Waals surface area (Å²) in [6, 6.07) is 1.80. The maximum absolute atomic E-state index is 5.95. The van der Waals surface area contributed by atoms with E-state index in [4.69, 9.17) is 10.5 Å². The first-order valence-corrected chi connectivity index (χ1v) is 6.10. The normalized spacial score (nSPS) is 10.7. The van der Waals surface area contributed by atoms with Crippen LogP contribution in [0.3, 0.4) is 0 Å². The number of anilines is 1. The lowest BCUT2D eigenvalue weighted by Gasteiger charge is -2.09. The number of rotatable bonds is 6. The molecule has 0 unspecified atom stereocenters. The molecule has 0 atom stereocenters. The summed E-state index contributed by atoms with van der Waals surface area (Å²) in [7, 11) is 0. The first-order valence-electron chi connectivity index (χ1n) is 6.10. The Morgan fingerprint density at radius 1 is 1.33 bits per heavy atom. The molecule has 0 aliphatic heterocycles. The van der Waals surface area contributed by atoms with Gasteiger partial charge in [-0.15, -0.1) is 0 Å². The highest BCUT2D eigenvalue weighted by Gasteiger charge is 2.08. The minimum atomic E-state index is 0.719. The van der Waals surface area contributed by atoms with E-state index in [1.165, 1.54) is 0 Å². The standard InChI is InChI=1S/C13H18N4O/c1-2-18-7-3-6-17-10-16-9-13(17)11-8-15-5-4-12(11)14/h4-5,8-10H,2-3,6-7H2,1H3,(H2,14,15). The number of aryl methyl sites for hydroxylation is 1. The summed E-state index contributed by atoms with van der Waals surface area (Å²) in [4.78, 5) is 8.28. The molecule has 96 valence electrons. The Morgan fingerprint density at radius 3 is 3.00 bits per heavy atom. The number of nitrogen functional groups attached to an aromatic ring is 1. The Hall–Kier alpha value is -1.88. The van der Waals surface area contributed by atoms with E-state index in [2.05, 4.69) is 14.5 Å². The summed E-state index contributed by atoms with van der Waals surface area (Å²) in [6.45, 7) is 4.38. The number of hydrogen-bond donors (Lipinski definition) is 1. The van der Waals surface area contributed by atoms with Crippen molar-refractivity contribution in [3.8, 4) is 11.3 Å². The lowest BCUT2D eigenvalue weighted by atomic mass is 10.2. The molecule has 2 aromatic heterocycles. The first-order chi connectivity index (χ1) is 8.83. The molecular formula is C13H18N4O. The number of ether oxygens (including phenoxy) is 1. The van der Waals surface area contributed by atoms with Gasteiger partial charge in [0.2, 0.25) is 0 Å². The molecular weight excluding hydrogens is 228 g/mol. The van der Waals surface area contributed by atoms with Crippen molar-refractivity contribution >= 4 is 5.69 Å². The fraction of sp³-hybridized carbons (Fsp3) is 0.385. The van der Waals surface area contributed by atoms with Gasteiger partial charge in [0.25, 0.3) is 0 Å². The number of nitrogens with two attached hydrogens (primary N) is 1. The molecule has 2 rings (SSSR count). The fourth-order valence-electron chi connectivity index (χ4n) is 1.82. The highest BCUT2D eigenvalue weighted by atomic mass is 16.5. The molecule has 2 N–H and O–H groups in total. The molecule has 0 aliphatic carbocycles. The predicted octanol–water partition coefficient (Wildman–Crippen LogP) is 1.95. The van der Waals surface area contributed by atoms with Crippen LogP contribution in [0.5, 0.6) is 0 Å². The van der Waals surface area contributed by atoms with Crippen molar-refractivity contribution in [2.75, 3.05) is 18.9 Å². The monoisotopic (exact) mass is 246 g/mol. The molecule has 0 amide bonds. The van der Waals surface area contributed by atoms with Crippen molar-refractivity contribution in [1.29, 1.82) is 0 Å². The Balaban J connectivity index is 2.10. The second-order valence-electron chi connectivity index (χ2n) is 3.99. The van der Waals surface area contributed by atoms with Crippen molar-refractivity contribution in [1.82, 2.24) is 14.5 Å². The van der Waals surface area contributed by atoms with Crippen LogP contribution in [0.25, 0.3) is 11.3 Å².